The third kappa shape index (κ3) is 3.78. The lowest BCUT2D eigenvalue weighted by Crippen LogP contribution is -2.37. The van der Waals surface area contributed by atoms with Gasteiger partial charge in [0, 0.05) is 25.5 Å². The Kier molecular flexibility index (Phi) is 4.99. The van der Waals surface area contributed by atoms with Gasteiger partial charge in [0.15, 0.2) is 0 Å². The zero-order valence-corrected chi connectivity index (χ0v) is 14.7. The lowest BCUT2D eigenvalue weighted by molar-refractivity contribution is 0.0333. The topological polar surface area (TPSA) is 94.4 Å². The first kappa shape index (κ1) is 17.2. The zero-order valence-electron chi connectivity index (χ0n) is 14.7. The highest BCUT2D eigenvalue weighted by Gasteiger charge is 2.36. The molecule has 2 aromatic heterocycles. The van der Waals surface area contributed by atoms with Gasteiger partial charge < -0.3 is 20.4 Å². The molecule has 7 heteroatoms. The second-order valence-corrected chi connectivity index (χ2v) is 7.22. The van der Waals surface area contributed by atoms with Crippen LogP contribution >= 0.6 is 0 Å². The second-order valence-electron chi connectivity index (χ2n) is 7.22. The molecule has 26 heavy (non-hydrogen) atoms. The minimum absolute atomic E-state index is 0.0157. The van der Waals surface area contributed by atoms with Crippen molar-refractivity contribution in [1.29, 1.82) is 0 Å². The summed E-state index contributed by atoms with van der Waals surface area (Å²) in [6.45, 7) is 1.60. The number of anilines is 2. The third-order valence-electron chi connectivity index (χ3n) is 5.34. The van der Waals surface area contributed by atoms with Gasteiger partial charge in [0.25, 0.3) is 0 Å². The molecule has 1 saturated heterocycles. The van der Waals surface area contributed by atoms with Crippen LogP contribution < -0.4 is 10.2 Å². The molecule has 2 aliphatic rings. The minimum Gasteiger partial charge on any atom is -0.393 e. The SMILES string of the molecule is OC1CCN(c2ccnc(NC(c3ccccn3)C3CC(O)C3)n2)CC1. The fraction of sp³-hybridized carbons (Fsp3) is 0.526. The van der Waals surface area contributed by atoms with Crippen molar-refractivity contribution >= 4 is 11.8 Å². The Labute approximate surface area is 153 Å². The molecule has 0 radical (unpaired) electrons. The molecule has 2 aromatic rings. The standard InChI is InChI=1S/C19H25N5O2/c25-14-5-9-24(10-6-14)17-4-8-21-19(22-17)23-18(13-11-15(26)12-13)16-3-1-2-7-20-16/h1-4,7-8,13-15,18,25-26H,5-6,9-12H2,(H,21,22,23). The quantitative estimate of drug-likeness (QED) is 0.752. The van der Waals surface area contributed by atoms with Crippen molar-refractivity contribution in [3.63, 3.8) is 0 Å². The molecule has 4 rings (SSSR count). The van der Waals surface area contributed by atoms with Crippen LogP contribution in [0.5, 0.6) is 0 Å². The number of aromatic nitrogens is 3. The Morgan fingerprint density at radius 2 is 1.81 bits per heavy atom. The summed E-state index contributed by atoms with van der Waals surface area (Å²) in [5.41, 5.74) is 0.944. The number of rotatable bonds is 5. The lowest BCUT2D eigenvalue weighted by Gasteiger charge is -2.37. The first-order valence-corrected chi connectivity index (χ1v) is 9.30. The molecule has 1 atom stereocenters. The van der Waals surface area contributed by atoms with Crippen LogP contribution in [0.1, 0.15) is 37.4 Å². The largest absolute Gasteiger partial charge is 0.393 e. The molecule has 3 heterocycles. The van der Waals surface area contributed by atoms with Gasteiger partial charge in [-0.1, -0.05) is 6.07 Å². The monoisotopic (exact) mass is 355 g/mol. The van der Waals surface area contributed by atoms with Gasteiger partial charge in [-0.2, -0.15) is 4.98 Å². The van der Waals surface area contributed by atoms with Gasteiger partial charge in [-0.25, -0.2) is 4.98 Å². The molecule has 0 amide bonds. The molecule has 1 saturated carbocycles. The maximum atomic E-state index is 9.71. The molecular weight excluding hydrogens is 330 g/mol. The van der Waals surface area contributed by atoms with Gasteiger partial charge in [0.2, 0.25) is 5.95 Å². The highest BCUT2D eigenvalue weighted by Crippen LogP contribution is 2.39. The van der Waals surface area contributed by atoms with E-state index in [9.17, 15) is 10.2 Å². The summed E-state index contributed by atoms with van der Waals surface area (Å²) in [7, 11) is 0. The van der Waals surface area contributed by atoms with Gasteiger partial charge in [-0.3, -0.25) is 4.98 Å². The van der Waals surface area contributed by atoms with E-state index in [1.54, 1.807) is 12.4 Å². The third-order valence-corrected chi connectivity index (χ3v) is 5.34. The Morgan fingerprint density at radius 3 is 2.50 bits per heavy atom. The van der Waals surface area contributed by atoms with Gasteiger partial charge in [0.05, 0.1) is 23.9 Å². The van der Waals surface area contributed by atoms with Crippen molar-refractivity contribution in [1.82, 2.24) is 15.0 Å². The number of hydrogen-bond acceptors (Lipinski definition) is 7. The van der Waals surface area contributed by atoms with E-state index in [0.29, 0.717) is 11.9 Å². The van der Waals surface area contributed by atoms with Gasteiger partial charge in [0.1, 0.15) is 5.82 Å². The number of piperidine rings is 1. The Morgan fingerprint density at radius 1 is 1.00 bits per heavy atom. The fourth-order valence-electron chi connectivity index (χ4n) is 3.72. The summed E-state index contributed by atoms with van der Waals surface area (Å²) in [6.07, 6.45) is 6.18. The summed E-state index contributed by atoms with van der Waals surface area (Å²) in [6, 6.07) is 7.77. The number of aliphatic hydroxyl groups is 2. The Hall–Kier alpha value is -2.25. The molecule has 138 valence electrons. The van der Waals surface area contributed by atoms with Crippen molar-refractivity contribution in [3.8, 4) is 0 Å². The van der Waals surface area contributed by atoms with Crippen molar-refractivity contribution in [2.24, 2.45) is 5.92 Å². The molecule has 7 nitrogen and oxygen atoms in total. The highest BCUT2D eigenvalue weighted by molar-refractivity contribution is 5.44. The van der Waals surface area contributed by atoms with Gasteiger partial charge in [-0.05, 0) is 49.8 Å². The molecule has 0 bridgehead atoms. The van der Waals surface area contributed by atoms with Crippen molar-refractivity contribution in [2.45, 2.75) is 43.9 Å². The first-order valence-electron chi connectivity index (χ1n) is 9.30. The van der Waals surface area contributed by atoms with E-state index in [2.05, 4.69) is 25.2 Å². The van der Waals surface area contributed by atoms with E-state index < -0.39 is 0 Å². The smallest absolute Gasteiger partial charge is 0.225 e. The summed E-state index contributed by atoms with van der Waals surface area (Å²) in [4.78, 5) is 15.7. The predicted molar refractivity (Wildman–Crippen MR) is 98.8 cm³/mol. The second kappa shape index (κ2) is 7.55. The number of aliphatic hydroxyl groups excluding tert-OH is 2. The highest BCUT2D eigenvalue weighted by atomic mass is 16.3. The van der Waals surface area contributed by atoms with Gasteiger partial charge in [-0.15, -0.1) is 0 Å². The molecule has 2 fully saturated rings. The summed E-state index contributed by atoms with van der Waals surface area (Å²) >= 11 is 0. The van der Waals surface area contributed by atoms with Crippen LogP contribution in [0.4, 0.5) is 11.8 Å². The average molecular weight is 355 g/mol. The first-order chi connectivity index (χ1) is 12.7. The van der Waals surface area contributed by atoms with E-state index in [1.165, 1.54) is 0 Å². The Balaban J connectivity index is 1.51. The lowest BCUT2D eigenvalue weighted by atomic mass is 9.76. The van der Waals surface area contributed by atoms with E-state index in [-0.39, 0.29) is 18.2 Å². The number of nitrogens with one attached hydrogen (secondary N) is 1. The van der Waals surface area contributed by atoms with Crippen LogP contribution in [0, 0.1) is 5.92 Å². The van der Waals surface area contributed by atoms with Crippen LogP contribution in [0.3, 0.4) is 0 Å². The zero-order chi connectivity index (χ0) is 17.9. The maximum absolute atomic E-state index is 9.71. The molecule has 3 N–H and O–H groups in total. The van der Waals surface area contributed by atoms with Gasteiger partial charge >= 0.3 is 0 Å². The Bertz CT molecular complexity index is 715. The van der Waals surface area contributed by atoms with Crippen molar-refractivity contribution < 1.29 is 10.2 Å². The van der Waals surface area contributed by atoms with Crippen LogP contribution in [-0.2, 0) is 0 Å². The summed E-state index contributed by atoms with van der Waals surface area (Å²) < 4.78 is 0. The molecular formula is C19H25N5O2. The summed E-state index contributed by atoms with van der Waals surface area (Å²) in [5, 5.41) is 22.8. The average Bonchev–Trinajstić information content (AvgIpc) is 2.65. The summed E-state index contributed by atoms with van der Waals surface area (Å²) in [5.74, 6) is 1.77. The molecule has 1 aliphatic carbocycles. The van der Waals surface area contributed by atoms with Crippen LogP contribution in [0.15, 0.2) is 36.7 Å². The molecule has 1 unspecified atom stereocenters. The molecule has 1 aliphatic heterocycles. The molecule has 0 aromatic carbocycles. The van der Waals surface area contributed by atoms with E-state index in [4.69, 9.17) is 0 Å². The van der Waals surface area contributed by atoms with Crippen LogP contribution in [0.2, 0.25) is 0 Å². The number of pyridine rings is 1. The molecule has 0 spiro atoms. The van der Waals surface area contributed by atoms with Crippen LogP contribution in [0.25, 0.3) is 0 Å². The number of nitrogens with zero attached hydrogens (tertiary/aromatic N) is 4. The van der Waals surface area contributed by atoms with Crippen LogP contribution in [-0.4, -0.2) is 50.5 Å². The van der Waals surface area contributed by atoms with E-state index in [0.717, 1.165) is 50.3 Å². The minimum atomic E-state index is -0.222. The maximum Gasteiger partial charge on any atom is 0.225 e. The normalized spacial score (nSPS) is 24.8. The van der Waals surface area contributed by atoms with E-state index in [1.807, 2.05) is 24.3 Å². The van der Waals surface area contributed by atoms with E-state index >= 15 is 0 Å². The van der Waals surface area contributed by atoms with Crippen molar-refractivity contribution in [2.75, 3.05) is 23.3 Å². The van der Waals surface area contributed by atoms with Crippen molar-refractivity contribution in [3.05, 3.63) is 42.4 Å². The fourth-order valence-corrected chi connectivity index (χ4v) is 3.72. The predicted octanol–water partition coefficient (Wildman–Crippen LogP) is 1.76. The number of hydrogen-bond donors (Lipinski definition) is 3.